The number of Topliss-reactive ketones (excluding diaryl/α,β-unsaturated/α-hetero) is 4. The number of phenolic OH excluding ortho intramolecular Hbond substituents is 1. The lowest BCUT2D eigenvalue weighted by Gasteiger charge is -2.52. The van der Waals surface area contributed by atoms with Crippen molar-refractivity contribution in [1.82, 2.24) is 9.80 Å². The van der Waals surface area contributed by atoms with Crippen molar-refractivity contribution < 1.29 is 58.0 Å². The van der Waals surface area contributed by atoms with Gasteiger partial charge in [-0.05, 0) is 63.7 Å². The number of aromatic hydroxyl groups is 1. The van der Waals surface area contributed by atoms with E-state index in [4.69, 9.17) is 15.2 Å². The molecule has 17 nitrogen and oxygen atoms in total. The van der Waals surface area contributed by atoms with Crippen molar-refractivity contribution in [2.24, 2.45) is 35.3 Å². The minimum atomic E-state index is -2.88. The van der Waals surface area contributed by atoms with E-state index in [-0.39, 0.29) is 36.6 Å². The van der Waals surface area contributed by atoms with Crippen LogP contribution in [-0.2, 0) is 44.7 Å². The van der Waals surface area contributed by atoms with Gasteiger partial charge in [-0.3, -0.25) is 43.4 Å². The minimum Gasteiger partial charge on any atom is -0.505 e. The maximum atomic E-state index is 14.3. The fraction of sp³-hybridized carbons (Fsp3) is 0.600. The first-order valence-electron chi connectivity index (χ1n) is 17.2. The summed E-state index contributed by atoms with van der Waals surface area (Å²) in [5.74, 6) is -13.5. The number of esters is 1. The SMILES string of the molecule is CCCN(CC(=O)Nc1cc(N(C)C)c2c(c1O)C(=O)C1C(=O)[C@]3(O)C(=O)C(C(N)=O)C(=O)[C@@H](N(C)C)[C@@H]3C[C@@H]1C2)C(=O)OCOC(=O)C1CCC1. The van der Waals surface area contributed by atoms with Crippen LogP contribution in [0.25, 0.3) is 0 Å². The van der Waals surface area contributed by atoms with Crippen LogP contribution in [0.1, 0.15) is 54.9 Å². The highest BCUT2D eigenvalue weighted by molar-refractivity contribution is 6.32. The smallest absolute Gasteiger partial charge is 0.413 e. The first-order valence-corrected chi connectivity index (χ1v) is 17.2. The number of phenols is 1. The van der Waals surface area contributed by atoms with Crippen LogP contribution in [0, 0.1) is 29.6 Å². The van der Waals surface area contributed by atoms with Crippen molar-refractivity contribution in [2.75, 3.05) is 58.3 Å². The summed E-state index contributed by atoms with van der Waals surface area (Å²) < 4.78 is 10.1. The van der Waals surface area contributed by atoms with Gasteiger partial charge >= 0.3 is 12.1 Å². The molecule has 0 spiro atoms. The number of primary amides is 1. The number of ketones is 4. The van der Waals surface area contributed by atoms with Gasteiger partial charge in [0.2, 0.25) is 18.6 Å². The lowest BCUT2D eigenvalue weighted by Crippen LogP contribution is -2.74. The first kappa shape index (κ1) is 38.3. The Kier molecular flexibility index (Phi) is 10.8. The lowest BCUT2D eigenvalue weighted by molar-refractivity contribution is -0.181. The molecular formula is C35H45N5O12. The zero-order chi connectivity index (χ0) is 38.4. The first-order chi connectivity index (χ1) is 24.4. The van der Waals surface area contributed by atoms with Crippen molar-refractivity contribution >= 4 is 58.4 Å². The van der Waals surface area contributed by atoms with E-state index >= 15 is 0 Å². The Morgan fingerprint density at radius 3 is 2.27 bits per heavy atom. The van der Waals surface area contributed by atoms with Crippen LogP contribution in [0.4, 0.5) is 16.2 Å². The van der Waals surface area contributed by atoms with Gasteiger partial charge in [-0.1, -0.05) is 13.3 Å². The summed E-state index contributed by atoms with van der Waals surface area (Å²) in [7, 11) is 6.34. The predicted octanol–water partition coefficient (Wildman–Crippen LogP) is 0.0209. The van der Waals surface area contributed by atoms with E-state index in [9.17, 15) is 48.6 Å². The molecule has 5 rings (SSSR count). The summed E-state index contributed by atoms with van der Waals surface area (Å²) in [6.07, 6.45) is 1.80. The normalized spacial score (nSPS) is 26.8. The van der Waals surface area contributed by atoms with Gasteiger partial charge in [0.25, 0.3) is 0 Å². The van der Waals surface area contributed by atoms with Gasteiger partial charge in [0, 0.05) is 32.2 Å². The summed E-state index contributed by atoms with van der Waals surface area (Å²) in [6.45, 7) is 0.723. The van der Waals surface area contributed by atoms with Crippen LogP contribution in [0.5, 0.6) is 5.75 Å². The number of likely N-dealkylation sites (N-methyl/N-ethyl adjacent to an activating group) is 1. The topological polar surface area (TPSA) is 243 Å². The molecule has 0 heterocycles. The fourth-order valence-electron chi connectivity index (χ4n) is 8.01. The second kappa shape index (κ2) is 14.6. The number of aliphatic hydroxyl groups is 1. The molecule has 282 valence electrons. The van der Waals surface area contributed by atoms with Gasteiger partial charge in [0.15, 0.2) is 34.7 Å². The van der Waals surface area contributed by atoms with Crippen molar-refractivity contribution in [3.8, 4) is 5.75 Å². The molecule has 52 heavy (non-hydrogen) atoms. The molecule has 3 saturated carbocycles. The highest BCUT2D eigenvalue weighted by Gasteiger charge is 2.69. The molecule has 17 heteroatoms. The predicted molar refractivity (Wildman–Crippen MR) is 181 cm³/mol. The Hall–Kier alpha value is -4.90. The molecule has 5 N–H and O–H groups in total. The van der Waals surface area contributed by atoms with E-state index < -0.39 is 101 Å². The van der Waals surface area contributed by atoms with Crippen molar-refractivity contribution in [3.63, 3.8) is 0 Å². The summed E-state index contributed by atoms with van der Waals surface area (Å²) in [6, 6.07) is 0.212. The molecule has 3 amide bonds. The van der Waals surface area contributed by atoms with E-state index in [2.05, 4.69) is 5.32 Å². The maximum absolute atomic E-state index is 14.3. The second-order valence-electron chi connectivity index (χ2n) is 14.4. The summed E-state index contributed by atoms with van der Waals surface area (Å²) in [5.41, 5.74) is 2.76. The number of hydrogen-bond donors (Lipinski definition) is 4. The Labute approximate surface area is 299 Å². The lowest BCUT2D eigenvalue weighted by atomic mass is 9.52. The third-order valence-electron chi connectivity index (χ3n) is 10.7. The van der Waals surface area contributed by atoms with Crippen LogP contribution in [0.15, 0.2) is 6.07 Å². The molecule has 1 aromatic rings. The molecule has 1 aromatic carbocycles. The number of nitrogens with two attached hydrogens (primary N) is 1. The molecule has 0 saturated heterocycles. The monoisotopic (exact) mass is 727 g/mol. The zero-order valence-electron chi connectivity index (χ0n) is 29.8. The molecule has 4 aliphatic rings. The van der Waals surface area contributed by atoms with Gasteiger partial charge in [-0.25, -0.2) is 4.79 Å². The Morgan fingerprint density at radius 1 is 1.04 bits per heavy atom. The summed E-state index contributed by atoms with van der Waals surface area (Å²) >= 11 is 0. The number of nitrogens with one attached hydrogen (secondary N) is 1. The molecule has 6 atom stereocenters. The number of carbonyl (C=O) groups is 8. The number of hydrogen-bond acceptors (Lipinski definition) is 14. The van der Waals surface area contributed by atoms with Crippen molar-refractivity contribution in [2.45, 2.75) is 57.1 Å². The summed E-state index contributed by atoms with van der Waals surface area (Å²) in [5, 5.41) is 25.8. The number of benzene rings is 1. The maximum Gasteiger partial charge on any atom is 0.413 e. The van der Waals surface area contributed by atoms with Gasteiger partial charge in [-0.2, -0.15) is 0 Å². The highest BCUT2D eigenvalue weighted by atomic mass is 16.7. The van der Waals surface area contributed by atoms with E-state index in [1.165, 1.54) is 25.1 Å². The van der Waals surface area contributed by atoms with Gasteiger partial charge in [0.1, 0.15) is 12.3 Å². The molecular weight excluding hydrogens is 682 g/mol. The van der Waals surface area contributed by atoms with Crippen molar-refractivity contribution in [3.05, 3.63) is 17.2 Å². The molecule has 0 bridgehead atoms. The second-order valence-corrected chi connectivity index (χ2v) is 14.4. The largest absolute Gasteiger partial charge is 0.505 e. The van der Waals surface area contributed by atoms with E-state index in [0.717, 1.165) is 11.3 Å². The number of anilines is 2. The number of ether oxygens (including phenoxy) is 2. The Balaban J connectivity index is 1.42. The number of carbonyl (C=O) groups excluding carboxylic acids is 8. The number of nitrogens with zero attached hydrogens (tertiary/aromatic N) is 3. The van der Waals surface area contributed by atoms with Gasteiger partial charge in [-0.15, -0.1) is 0 Å². The molecule has 0 aromatic heterocycles. The average molecular weight is 728 g/mol. The number of fused-ring (bicyclic) bond motifs is 3. The molecule has 4 aliphatic carbocycles. The van der Waals surface area contributed by atoms with Gasteiger partial charge < -0.3 is 35.6 Å². The van der Waals surface area contributed by atoms with Crippen molar-refractivity contribution in [1.29, 1.82) is 0 Å². The Bertz CT molecular complexity index is 1720. The summed E-state index contributed by atoms with van der Waals surface area (Å²) in [4.78, 5) is 110. The van der Waals surface area contributed by atoms with Crippen LogP contribution in [-0.4, -0.2) is 127 Å². The molecule has 3 fully saturated rings. The molecule has 0 aliphatic heterocycles. The van der Waals surface area contributed by atoms with Crippen LogP contribution in [0.3, 0.4) is 0 Å². The fourth-order valence-corrected chi connectivity index (χ4v) is 8.01. The quantitative estimate of drug-likeness (QED) is 0.102. The minimum absolute atomic E-state index is 0.0303. The third-order valence-corrected chi connectivity index (χ3v) is 10.7. The van der Waals surface area contributed by atoms with E-state index in [0.29, 0.717) is 30.5 Å². The van der Waals surface area contributed by atoms with Crippen LogP contribution in [0.2, 0.25) is 0 Å². The third kappa shape index (κ3) is 6.51. The van der Waals surface area contributed by atoms with Gasteiger partial charge in [0.05, 0.1) is 29.1 Å². The van der Waals surface area contributed by atoms with E-state index in [1.54, 1.807) is 25.9 Å². The number of amides is 3. The van der Waals surface area contributed by atoms with Crippen LogP contribution < -0.4 is 16.0 Å². The highest BCUT2D eigenvalue weighted by Crippen LogP contribution is 2.52. The number of rotatable bonds is 11. The zero-order valence-corrected chi connectivity index (χ0v) is 29.8. The Morgan fingerprint density at radius 2 is 1.71 bits per heavy atom. The average Bonchev–Trinajstić information content (AvgIpc) is 3.02. The van der Waals surface area contributed by atoms with E-state index in [1.807, 2.05) is 0 Å². The molecule has 2 unspecified atom stereocenters. The standard InChI is InChI=1S/C35H45N5O12/c1-6-10-40(34(49)52-15-51-33(48)16-8-7-9-16)14-22(41)37-20-13-21(38(2)3)18-11-17-12-19-26(39(4)5)29(44)25(32(36)47)31(46)35(19,50)30(45)23(17)28(43)24(18)27(20)42/h13,16-17,19,23,25-26,42,50H,6-12,14-15H2,1-5H3,(H2,36,47)(H,37,41)/t17-,19-,23?,25?,26-,35-/m0/s1. The van der Waals surface area contributed by atoms with Crippen LogP contribution >= 0.6 is 0 Å². The molecule has 0 radical (unpaired) electrons.